The largest absolute Gasteiger partial charge is 0.493 e. The van der Waals surface area contributed by atoms with Crippen LogP contribution in [0.25, 0.3) is 11.5 Å². The Balaban J connectivity index is 1.79. The summed E-state index contributed by atoms with van der Waals surface area (Å²) in [5, 5.41) is 11.4. The second kappa shape index (κ2) is 7.86. The summed E-state index contributed by atoms with van der Waals surface area (Å²) in [5.41, 5.74) is 1.18. The summed E-state index contributed by atoms with van der Waals surface area (Å²) in [4.78, 5) is 17.5. The highest BCUT2D eigenvalue weighted by atomic mass is 127. The van der Waals surface area contributed by atoms with Crippen molar-refractivity contribution in [3.05, 3.63) is 51.4 Å². The molecular formula is C20H20IN5O2. The number of ether oxygens (including phenoxy) is 1. The van der Waals surface area contributed by atoms with Gasteiger partial charge < -0.3 is 14.6 Å². The highest BCUT2D eigenvalue weighted by Gasteiger charge is 2.20. The second-order valence-electron chi connectivity index (χ2n) is 6.78. The normalized spacial score (nSPS) is 17.0. The monoisotopic (exact) mass is 489 g/mol. The third-order valence-electron chi connectivity index (χ3n) is 4.74. The standard InChI is InChI=1S/C20H20IN5O2/c1-12-5-4-10-28-17-9-8-14(21)11-15(17)20(27)23-18-7-3-6-16(22-18)19-25-24-13(2)26(12)19/h3,6-9,11-12H,4-5,10H2,1-2H3,(H,22,23,27)/t12-/m0/s1. The van der Waals surface area contributed by atoms with Gasteiger partial charge in [0.1, 0.15) is 23.1 Å². The zero-order valence-corrected chi connectivity index (χ0v) is 17.8. The maximum absolute atomic E-state index is 12.9. The number of hydrogen-bond donors (Lipinski definition) is 1. The Kier molecular flexibility index (Phi) is 5.29. The Morgan fingerprint density at radius 2 is 2.11 bits per heavy atom. The highest BCUT2D eigenvalue weighted by molar-refractivity contribution is 14.1. The van der Waals surface area contributed by atoms with Gasteiger partial charge in [0.15, 0.2) is 5.82 Å². The molecule has 0 spiro atoms. The van der Waals surface area contributed by atoms with E-state index in [0.717, 1.165) is 22.2 Å². The number of nitrogens with zero attached hydrogens (tertiary/aromatic N) is 4. The average Bonchev–Trinajstić information content (AvgIpc) is 3.07. The number of rotatable bonds is 0. The summed E-state index contributed by atoms with van der Waals surface area (Å²) >= 11 is 2.19. The topological polar surface area (TPSA) is 81.9 Å². The number of carbonyl (C=O) groups excluding carboxylic acids is 1. The number of nitrogens with one attached hydrogen (secondary N) is 1. The van der Waals surface area contributed by atoms with E-state index < -0.39 is 0 Å². The molecular weight excluding hydrogens is 469 g/mol. The molecule has 144 valence electrons. The van der Waals surface area contributed by atoms with Gasteiger partial charge in [-0.05, 0) is 79.6 Å². The van der Waals surface area contributed by atoms with Crippen molar-refractivity contribution in [2.45, 2.75) is 32.7 Å². The minimum Gasteiger partial charge on any atom is -0.493 e. The van der Waals surface area contributed by atoms with Crippen molar-refractivity contribution in [3.8, 4) is 17.3 Å². The molecule has 1 aliphatic heterocycles. The minimum absolute atomic E-state index is 0.202. The molecule has 3 aromatic rings. The minimum atomic E-state index is -0.249. The van der Waals surface area contributed by atoms with Gasteiger partial charge in [-0.2, -0.15) is 0 Å². The highest BCUT2D eigenvalue weighted by Crippen LogP contribution is 2.27. The number of carbonyl (C=O) groups is 1. The molecule has 0 aliphatic carbocycles. The van der Waals surface area contributed by atoms with Gasteiger partial charge in [-0.3, -0.25) is 4.79 Å². The lowest BCUT2D eigenvalue weighted by molar-refractivity contribution is 0.102. The van der Waals surface area contributed by atoms with E-state index in [0.29, 0.717) is 35.3 Å². The van der Waals surface area contributed by atoms with E-state index in [-0.39, 0.29) is 11.9 Å². The molecule has 4 rings (SSSR count). The Morgan fingerprint density at radius 3 is 2.96 bits per heavy atom. The quantitative estimate of drug-likeness (QED) is 0.478. The van der Waals surface area contributed by atoms with Gasteiger partial charge >= 0.3 is 0 Å². The van der Waals surface area contributed by atoms with E-state index in [9.17, 15) is 4.79 Å². The van der Waals surface area contributed by atoms with Crippen molar-refractivity contribution in [2.24, 2.45) is 0 Å². The molecule has 7 nitrogen and oxygen atoms in total. The summed E-state index contributed by atoms with van der Waals surface area (Å²) in [5.74, 6) is 2.34. The van der Waals surface area contributed by atoms with Crippen LogP contribution in [0.2, 0.25) is 0 Å². The maximum atomic E-state index is 12.9. The van der Waals surface area contributed by atoms with Crippen molar-refractivity contribution >= 4 is 34.3 Å². The van der Waals surface area contributed by atoms with E-state index in [4.69, 9.17) is 4.74 Å². The van der Waals surface area contributed by atoms with E-state index in [1.165, 1.54) is 0 Å². The first-order chi connectivity index (χ1) is 13.5. The summed E-state index contributed by atoms with van der Waals surface area (Å²) < 4.78 is 9.00. The van der Waals surface area contributed by atoms with Crippen LogP contribution in [-0.4, -0.2) is 32.3 Å². The summed E-state index contributed by atoms with van der Waals surface area (Å²) in [6.07, 6.45) is 1.75. The fourth-order valence-corrected chi connectivity index (χ4v) is 3.87. The number of halogens is 1. The van der Waals surface area contributed by atoms with Gasteiger partial charge in [-0.15, -0.1) is 10.2 Å². The fraction of sp³-hybridized carbons (Fsp3) is 0.300. The zero-order valence-electron chi connectivity index (χ0n) is 15.6. The van der Waals surface area contributed by atoms with Gasteiger partial charge in [-0.1, -0.05) is 6.07 Å². The van der Waals surface area contributed by atoms with Crippen molar-refractivity contribution in [2.75, 3.05) is 11.9 Å². The van der Waals surface area contributed by atoms with Gasteiger partial charge in [0, 0.05) is 9.61 Å². The number of pyridine rings is 1. The summed E-state index contributed by atoms with van der Waals surface area (Å²) in [7, 11) is 0. The molecule has 0 unspecified atom stereocenters. The molecule has 3 heterocycles. The molecule has 1 aromatic carbocycles. The zero-order chi connectivity index (χ0) is 19.7. The number of fused-ring (bicyclic) bond motifs is 5. The van der Waals surface area contributed by atoms with Crippen molar-refractivity contribution < 1.29 is 9.53 Å². The average molecular weight is 489 g/mol. The molecule has 2 bridgehead atoms. The van der Waals surface area contributed by atoms with Crippen LogP contribution in [0.15, 0.2) is 36.4 Å². The lowest BCUT2D eigenvalue weighted by Crippen LogP contribution is -2.17. The Bertz CT molecular complexity index is 1030. The molecule has 2 aromatic heterocycles. The SMILES string of the molecule is Cc1nnc2n1[C@@H](C)CCCOc1ccc(I)cc1C(=O)Nc1cccc-2n1. The van der Waals surface area contributed by atoms with Crippen molar-refractivity contribution in [3.63, 3.8) is 0 Å². The molecule has 0 saturated heterocycles. The van der Waals surface area contributed by atoms with E-state index >= 15 is 0 Å². The maximum Gasteiger partial charge on any atom is 0.260 e. The molecule has 0 fully saturated rings. The van der Waals surface area contributed by atoms with Crippen LogP contribution in [0.5, 0.6) is 5.75 Å². The van der Waals surface area contributed by atoms with E-state index in [2.05, 4.69) is 54.6 Å². The van der Waals surface area contributed by atoms with Gasteiger partial charge in [0.05, 0.1) is 12.2 Å². The predicted octanol–water partition coefficient (Wildman–Crippen LogP) is 4.24. The molecule has 1 aliphatic rings. The molecule has 1 amide bonds. The first-order valence-corrected chi connectivity index (χ1v) is 10.2. The lowest BCUT2D eigenvalue weighted by Gasteiger charge is -2.19. The smallest absolute Gasteiger partial charge is 0.260 e. The van der Waals surface area contributed by atoms with Crippen LogP contribution in [0.3, 0.4) is 0 Å². The molecule has 1 N–H and O–H groups in total. The first-order valence-electron chi connectivity index (χ1n) is 9.15. The Labute approximate surface area is 176 Å². The Morgan fingerprint density at radius 1 is 1.25 bits per heavy atom. The second-order valence-corrected chi connectivity index (χ2v) is 8.03. The molecule has 8 heteroatoms. The number of aryl methyl sites for hydroxylation is 1. The van der Waals surface area contributed by atoms with Crippen molar-refractivity contribution in [1.29, 1.82) is 0 Å². The van der Waals surface area contributed by atoms with Crippen LogP contribution >= 0.6 is 22.6 Å². The fourth-order valence-electron chi connectivity index (χ4n) is 3.38. The third-order valence-corrected chi connectivity index (χ3v) is 5.41. The van der Waals surface area contributed by atoms with Crippen LogP contribution in [0.1, 0.15) is 42.0 Å². The van der Waals surface area contributed by atoms with Crippen LogP contribution in [0.4, 0.5) is 5.82 Å². The summed E-state index contributed by atoms with van der Waals surface area (Å²) in [6, 6.07) is 11.3. The molecule has 1 atom stereocenters. The summed E-state index contributed by atoms with van der Waals surface area (Å²) in [6.45, 7) is 4.62. The number of aromatic nitrogens is 4. The number of anilines is 1. The molecule has 0 radical (unpaired) electrons. The first kappa shape index (κ1) is 18.9. The van der Waals surface area contributed by atoms with Crippen LogP contribution in [0, 0.1) is 10.5 Å². The Hall–Kier alpha value is -2.49. The van der Waals surface area contributed by atoms with Gasteiger partial charge in [-0.25, -0.2) is 4.98 Å². The van der Waals surface area contributed by atoms with Crippen LogP contribution < -0.4 is 10.1 Å². The predicted molar refractivity (Wildman–Crippen MR) is 115 cm³/mol. The van der Waals surface area contributed by atoms with Gasteiger partial charge in [0.25, 0.3) is 5.91 Å². The van der Waals surface area contributed by atoms with E-state index in [1.54, 1.807) is 6.07 Å². The number of hydrogen-bond acceptors (Lipinski definition) is 5. The molecule has 0 saturated carbocycles. The lowest BCUT2D eigenvalue weighted by atomic mass is 10.1. The molecule has 28 heavy (non-hydrogen) atoms. The number of amides is 1. The third kappa shape index (κ3) is 3.73. The van der Waals surface area contributed by atoms with Crippen LogP contribution in [-0.2, 0) is 0 Å². The number of benzene rings is 1. The van der Waals surface area contributed by atoms with Gasteiger partial charge in [0.2, 0.25) is 0 Å². The van der Waals surface area contributed by atoms with E-state index in [1.807, 2.05) is 37.3 Å². The van der Waals surface area contributed by atoms with Crippen molar-refractivity contribution in [1.82, 2.24) is 19.7 Å².